The summed E-state index contributed by atoms with van der Waals surface area (Å²) in [5.74, 6) is 0.459. The molecule has 0 bridgehead atoms. The van der Waals surface area contributed by atoms with Gasteiger partial charge in [0.05, 0.1) is 0 Å². The summed E-state index contributed by atoms with van der Waals surface area (Å²) in [5, 5.41) is 3.45. The molecule has 8 nitrogen and oxygen atoms in total. The fourth-order valence-corrected chi connectivity index (χ4v) is 3.45. The number of pyridine rings is 1. The number of fused-ring (bicyclic) bond motifs is 1. The van der Waals surface area contributed by atoms with E-state index in [0.29, 0.717) is 42.8 Å². The zero-order valence-electron chi connectivity index (χ0n) is 16.1. The Labute approximate surface area is 168 Å². The molecule has 1 N–H and O–H groups in total. The SMILES string of the molecule is COCC(=O)Nc1c(C(=O)N2CCN(c3ccccn3)CC2)oc2ccccc12. The molecule has 2 amide bonds. The maximum Gasteiger partial charge on any atom is 0.291 e. The van der Waals surface area contributed by atoms with E-state index in [9.17, 15) is 9.59 Å². The van der Waals surface area contributed by atoms with E-state index in [1.165, 1.54) is 7.11 Å². The number of hydrogen-bond donors (Lipinski definition) is 1. The Balaban J connectivity index is 1.55. The summed E-state index contributed by atoms with van der Waals surface area (Å²) >= 11 is 0. The molecular formula is C21H22N4O4. The zero-order chi connectivity index (χ0) is 20.2. The first-order valence-corrected chi connectivity index (χ1v) is 9.43. The van der Waals surface area contributed by atoms with Crippen LogP contribution in [0.3, 0.4) is 0 Å². The highest BCUT2D eigenvalue weighted by Gasteiger charge is 2.29. The van der Waals surface area contributed by atoms with Crippen LogP contribution in [-0.4, -0.2) is 61.6 Å². The van der Waals surface area contributed by atoms with E-state index in [1.54, 1.807) is 17.2 Å². The number of methoxy groups -OCH3 is 1. The van der Waals surface area contributed by atoms with Gasteiger partial charge in [0.1, 0.15) is 23.7 Å². The summed E-state index contributed by atoms with van der Waals surface area (Å²) in [6, 6.07) is 13.0. The fourth-order valence-electron chi connectivity index (χ4n) is 3.45. The molecule has 0 radical (unpaired) electrons. The number of nitrogens with one attached hydrogen (secondary N) is 1. The molecule has 0 atom stereocenters. The first-order valence-electron chi connectivity index (χ1n) is 9.43. The zero-order valence-corrected chi connectivity index (χ0v) is 16.1. The highest BCUT2D eigenvalue weighted by molar-refractivity contribution is 6.11. The van der Waals surface area contributed by atoms with Gasteiger partial charge in [-0.3, -0.25) is 9.59 Å². The lowest BCUT2D eigenvalue weighted by molar-refractivity contribution is -0.119. The van der Waals surface area contributed by atoms with Gasteiger partial charge in [0.25, 0.3) is 5.91 Å². The third kappa shape index (κ3) is 3.93. The fraction of sp³-hybridized carbons (Fsp3) is 0.286. The van der Waals surface area contributed by atoms with Crippen molar-refractivity contribution in [3.05, 3.63) is 54.4 Å². The number of aromatic nitrogens is 1. The quantitative estimate of drug-likeness (QED) is 0.715. The van der Waals surface area contributed by atoms with Crippen LogP contribution >= 0.6 is 0 Å². The van der Waals surface area contributed by atoms with Crippen molar-refractivity contribution in [3.8, 4) is 0 Å². The molecule has 1 saturated heterocycles. The van der Waals surface area contributed by atoms with Crippen LogP contribution in [0.1, 0.15) is 10.6 Å². The third-order valence-corrected chi connectivity index (χ3v) is 4.87. The van der Waals surface area contributed by atoms with E-state index in [0.717, 1.165) is 5.82 Å². The second kappa shape index (κ2) is 8.32. The third-order valence-electron chi connectivity index (χ3n) is 4.87. The van der Waals surface area contributed by atoms with Crippen LogP contribution < -0.4 is 10.2 Å². The summed E-state index contributed by atoms with van der Waals surface area (Å²) < 4.78 is 10.7. The second-order valence-electron chi connectivity index (χ2n) is 6.75. The molecule has 150 valence electrons. The molecule has 1 aliphatic rings. The van der Waals surface area contributed by atoms with E-state index in [-0.39, 0.29) is 24.2 Å². The largest absolute Gasteiger partial charge is 0.449 e. The minimum Gasteiger partial charge on any atom is -0.449 e. The predicted molar refractivity (Wildman–Crippen MR) is 109 cm³/mol. The Morgan fingerprint density at radius 1 is 1.10 bits per heavy atom. The van der Waals surface area contributed by atoms with Crippen LogP contribution in [0.2, 0.25) is 0 Å². The monoisotopic (exact) mass is 394 g/mol. The number of furan rings is 1. The predicted octanol–water partition coefficient (Wildman–Crippen LogP) is 2.38. The van der Waals surface area contributed by atoms with Gasteiger partial charge in [0.2, 0.25) is 11.7 Å². The van der Waals surface area contributed by atoms with Gasteiger partial charge in [0.15, 0.2) is 0 Å². The maximum absolute atomic E-state index is 13.2. The van der Waals surface area contributed by atoms with Crippen LogP contribution in [0.15, 0.2) is 53.1 Å². The summed E-state index contributed by atoms with van der Waals surface area (Å²) in [7, 11) is 1.44. The number of rotatable bonds is 5. The highest BCUT2D eigenvalue weighted by Crippen LogP contribution is 2.32. The Morgan fingerprint density at radius 2 is 1.86 bits per heavy atom. The summed E-state index contributed by atoms with van der Waals surface area (Å²) in [4.78, 5) is 33.5. The minimum atomic E-state index is -0.340. The molecule has 1 aliphatic heterocycles. The Morgan fingerprint density at radius 3 is 2.59 bits per heavy atom. The molecule has 1 aromatic carbocycles. The van der Waals surface area contributed by atoms with Crippen molar-refractivity contribution >= 4 is 34.3 Å². The van der Waals surface area contributed by atoms with Gasteiger partial charge in [-0.05, 0) is 24.3 Å². The van der Waals surface area contributed by atoms with Gasteiger partial charge in [-0.2, -0.15) is 0 Å². The molecule has 2 aromatic heterocycles. The molecule has 4 rings (SSSR count). The minimum absolute atomic E-state index is 0.101. The van der Waals surface area contributed by atoms with Crippen LogP contribution in [0.25, 0.3) is 11.0 Å². The lowest BCUT2D eigenvalue weighted by Crippen LogP contribution is -2.49. The van der Waals surface area contributed by atoms with Crippen molar-refractivity contribution in [2.24, 2.45) is 0 Å². The molecule has 3 heterocycles. The summed E-state index contributed by atoms with van der Waals surface area (Å²) in [6.45, 7) is 2.33. The second-order valence-corrected chi connectivity index (χ2v) is 6.75. The Kier molecular flexibility index (Phi) is 5.44. The summed E-state index contributed by atoms with van der Waals surface area (Å²) in [5.41, 5.74) is 0.940. The molecule has 1 fully saturated rings. The normalized spacial score (nSPS) is 14.2. The van der Waals surface area contributed by atoms with E-state index in [2.05, 4.69) is 15.2 Å². The standard InChI is InChI=1S/C21H22N4O4/c1-28-14-18(26)23-19-15-6-2-3-7-16(15)29-20(19)21(27)25-12-10-24(11-13-25)17-8-4-5-9-22-17/h2-9H,10-14H2,1H3,(H,23,26). The van der Waals surface area contributed by atoms with Crippen molar-refractivity contribution in [2.45, 2.75) is 0 Å². The van der Waals surface area contributed by atoms with Gasteiger partial charge in [-0.15, -0.1) is 0 Å². The van der Waals surface area contributed by atoms with E-state index in [1.807, 2.05) is 36.4 Å². The van der Waals surface area contributed by atoms with Crippen LogP contribution in [-0.2, 0) is 9.53 Å². The molecule has 0 spiro atoms. The Hall–Kier alpha value is -3.39. The number of anilines is 2. The van der Waals surface area contributed by atoms with Crippen LogP contribution in [0.5, 0.6) is 0 Å². The number of benzene rings is 1. The molecule has 0 saturated carbocycles. The van der Waals surface area contributed by atoms with E-state index >= 15 is 0 Å². The van der Waals surface area contributed by atoms with Gasteiger partial charge < -0.3 is 24.3 Å². The summed E-state index contributed by atoms with van der Waals surface area (Å²) in [6.07, 6.45) is 1.76. The van der Waals surface area contributed by atoms with Crippen molar-refractivity contribution in [1.29, 1.82) is 0 Å². The van der Waals surface area contributed by atoms with Crippen molar-refractivity contribution in [2.75, 3.05) is 50.1 Å². The van der Waals surface area contributed by atoms with Crippen molar-refractivity contribution < 1.29 is 18.7 Å². The topological polar surface area (TPSA) is 87.9 Å². The number of para-hydroxylation sites is 1. The molecule has 3 aromatic rings. The average molecular weight is 394 g/mol. The average Bonchev–Trinajstić information content (AvgIpc) is 3.12. The number of carbonyl (C=O) groups excluding carboxylic acids is 2. The maximum atomic E-state index is 13.2. The number of piperazine rings is 1. The molecule has 8 heteroatoms. The molecule has 0 unspecified atom stereocenters. The van der Waals surface area contributed by atoms with Crippen molar-refractivity contribution in [1.82, 2.24) is 9.88 Å². The van der Waals surface area contributed by atoms with Gasteiger partial charge in [-0.1, -0.05) is 18.2 Å². The van der Waals surface area contributed by atoms with Gasteiger partial charge in [0, 0.05) is 44.9 Å². The number of nitrogens with zero attached hydrogens (tertiary/aromatic N) is 3. The Bertz CT molecular complexity index is 1010. The van der Waals surface area contributed by atoms with Crippen LogP contribution in [0.4, 0.5) is 11.5 Å². The van der Waals surface area contributed by atoms with Crippen LogP contribution in [0, 0.1) is 0 Å². The van der Waals surface area contributed by atoms with Crippen molar-refractivity contribution in [3.63, 3.8) is 0 Å². The molecule has 0 aliphatic carbocycles. The van der Waals surface area contributed by atoms with E-state index < -0.39 is 0 Å². The number of carbonyl (C=O) groups is 2. The lowest BCUT2D eigenvalue weighted by atomic mass is 10.2. The molecular weight excluding hydrogens is 372 g/mol. The van der Waals surface area contributed by atoms with E-state index in [4.69, 9.17) is 9.15 Å². The number of amides is 2. The molecule has 29 heavy (non-hydrogen) atoms. The first-order chi connectivity index (χ1) is 14.2. The first kappa shape index (κ1) is 18.9. The highest BCUT2D eigenvalue weighted by atomic mass is 16.5. The number of ether oxygens (including phenoxy) is 1. The van der Waals surface area contributed by atoms with Gasteiger partial charge >= 0.3 is 0 Å². The van der Waals surface area contributed by atoms with Gasteiger partial charge in [-0.25, -0.2) is 4.98 Å². The lowest BCUT2D eigenvalue weighted by Gasteiger charge is -2.35. The smallest absolute Gasteiger partial charge is 0.291 e. The number of hydrogen-bond acceptors (Lipinski definition) is 6.